The van der Waals surface area contributed by atoms with Crippen LogP contribution >= 0.6 is 0 Å². The third-order valence-electron chi connectivity index (χ3n) is 4.03. The van der Waals surface area contributed by atoms with Crippen molar-refractivity contribution in [3.8, 4) is 0 Å². The molecule has 19 heavy (non-hydrogen) atoms. The van der Waals surface area contributed by atoms with Gasteiger partial charge >= 0.3 is 0 Å². The fraction of sp³-hybridized carbons (Fsp3) is 1.00. The van der Waals surface area contributed by atoms with Gasteiger partial charge in [-0.3, -0.25) is 0 Å². The summed E-state index contributed by atoms with van der Waals surface area (Å²) in [7, 11) is -3.35. The summed E-state index contributed by atoms with van der Waals surface area (Å²) in [6, 6.07) is -0.0234. The summed E-state index contributed by atoms with van der Waals surface area (Å²) in [5, 5.41) is 0. The van der Waals surface area contributed by atoms with Crippen molar-refractivity contribution in [3.63, 3.8) is 0 Å². The van der Waals surface area contributed by atoms with E-state index in [9.17, 15) is 8.42 Å². The zero-order valence-corrected chi connectivity index (χ0v) is 13.3. The Morgan fingerprint density at radius 2 is 2.05 bits per heavy atom. The van der Waals surface area contributed by atoms with Crippen LogP contribution in [0.1, 0.15) is 46.5 Å². The first-order valence-corrected chi connectivity index (χ1v) is 8.84. The molecule has 1 fully saturated rings. The molecule has 0 bridgehead atoms. The first kappa shape index (κ1) is 16.9. The quantitative estimate of drug-likeness (QED) is 0.771. The number of piperidine rings is 1. The highest BCUT2D eigenvalue weighted by Crippen LogP contribution is 2.22. The van der Waals surface area contributed by atoms with Crippen molar-refractivity contribution in [2.24, 2.45) is 11.7 Å². The van der Waals surface area contributed by atoms with Crippen molar-refractivity contribution in [1.82, 2.24) is 8.61 Å². The zero-order chi connectivity index (χ0) is 14.5. The molecule has 0 radical (unpaired) electrons. The van der Waals surface area contributed by atoms with Crippen LogP contribution in [0.2, 0.25) is 0 Å². The Balaban J connectivity index is 2.86. The molecule has 0 spiro atoms. The molecule has 2 atom stereocenters. The lowest BCUT2D eigenvalue weighted by Crippen LogP contribution is -2.53. The van der Waals surface area contributed by atoms with Crippen molar-refractivity contribution in [2.75, 3.05) is 26.2 Å². The lowest BCUT2D eigenvalue weighted by Gasteiger charge is -2.37. The monoisotopic (exact) mass is 291 g/mol. The number of hydrogen-bond acceptors (Lipinski definition) is 3. The van der Waals surface area contributed by atoms with Crippen molar-refractivity contribution in [3.05, 3.63) is 0 Å². The van der Waals surface area contributed by atoms with E-state index in [0.717, 1.165) is 25.7 Å². The summed E-state index contributed by atoms with van der Waals surface area (Å²) < 4.78 is 28.7. The Morgan fingerprint density at radius 3 is 2.58 bits per heavy atom. The van der Waals surface area contributed by atoms with Gasteiger partial charge in [-0.2, -0.15) is 17.0 Å². The van der Waals surface area contributed by atoms with Crippen LogP contribution < -0.4 is 5.73 Å². The summed E-state index contributed by atoms with van der Waals surface area (Å²) in [5.41, 5.74) is 5.73. The van der Waals surface area contributed by atoms with Gasteiger partial charge in [0.2, 0.25) is 0 Å². The van der Waals surface area contributed by atoms with Crippen LogP contribution in [-0.4, -0.2) is 49.2 Å². The predicted molar refractivity (Wildman–Crippen MR) is 79.0 cm³/mol. The second-order valence-electron chi connectivity index (χ2n) is 5.47. The van der Waals surface area contributed by atoms with Gasteiger partial charge in [-0.15, -0.1) is 0 Å². The van der Waals surface area contributed by atoms with E-state index in [1.165, 1.54) is 0 Å². The average Bonchev–Trinajstić information content (AvgIpc) is 2.43. The summed E-state index contributed by atoms with van der Waals surface area (Å²) in [5.74, 6) is 0.385. The van der Waals surface area contributed by atoms with Crippen LogP contribution in [0.4, 0.5) is 0 Å². The van der Waals surface area contributed by atoms with Crippen LogP contribution in [0.3, 0.4) is 0 Å². The lowest BCUT2D eigenvalue weighted by molar-refractivity contribution is 0.231. The Labute approximate surface area is 118 Å². The Kier molecular flexibility index (Phi) is 6.73. The summed E-state index contributed by atoms with van der Waals surface area (Å²) >= 11 is 0. The van der Waals surface area contributed by atoms with E-state index in [2.05, 4.69) is 13.8 Å². The fourth-order valence-electron chi connectivity index (χ4n) is 2.52. The van der Waals surface area contributed by atoms with Gasteiger partial charge in [-0.25, -0.2) is 0 Å². The first-order chi connectivity index (χ1) is 8.97. The van der Waals surface area contributed by atoms with Gasteiger partial charge in [0.1, 0.15) is 0 Å². The van der Waals surface area contributed by atoms with Crippen LogP contribution in [0.25, 0.3) is 0 Å². The van der Waals surface area contributed by atoms with Gasteiger partial charge in [0, 0.05) is 32.2 Å². The first-order valence-electron chi connectivity index (χ1n) is 7.44. The molecule has 0 aromatic carbocycles. The molecular weight excluding hydrogens is 262 g/mol. The van der Waals surface area contributed by atoms with Crippen molar-refractivity contribution >= 4 is 10.2 Å². The van der Waals surface area contributed by atoms with Gasteiger partial charge in [0.25, 0.3) is 10.2 Å². The highest BCUT2D eigenvalue weighted by Gasteiger charge is 2.35. The molecule has 114 valence electrons. The second kappa shape index (κ2) is 7.57. The number of hydrogen-bond donors (Lipinski definition) is 1. The van der Waals surface area contributed by atoms with Gasteiger partial charge in [0.15, 0.2) is 0 Å². The van der Waals surface area contributed by atoms with E-state index >= 15 is 0 Å². The van der Waals surface area contributed by atoms with E-state index in [4.69, 9.17) is 5.73 Å². The highest BCUT2D eigenvalue weighted by atomic mass is 32.2. The normalized spacial score (nSPS) is 23.7. The molecule has 1 saturated heterocycles. The molecule has 1 aliphatic heterocycles. The van der Waals surface area contributed by atoms with Gasteiger partial charge in [-0.05, 0) is 18.8 Å². The molecule has 1 aliphatic rings. The van der Waals surface area contributed by atoms with Crippen LogP contribution in [0.5, 0.6) is 0 Å². The predicted octanol–water partition coefficient (Wildman–Crippen LogP) is 1.41. The maximum absolute atomic E-state index is 12.7. The second-order valence-corrected chi connectivity index (χ2v) is 7.35. The third-order valence-corrected chi connectivity index (χ3v) is 6.17. The molecule has 1 rings (SSSR count). The molecule has 5 nitrogen and oxygen atoms in total. The Morgan fingerprint density at radius 1 is 1.37 bits per heavy atom. The van der Waals surface area contributed by atoms with Gasteiger partial charge < -0.3 is 5.73 Å². The van der Waals surface area contributed by atoms with Gasteiger partial charge in [-0.1, -0.05) is 33.6 Å². The topological polar surface area (TPSA) is 66.6 Å². The summed E-state index contributed by atoms with van der Waals surface area (Å²) in [6.07, 6.45) is 3.89. The van der Waals surface area contributed by atoms with E-state index in [0.29, 0.717) is 32.1 Å². The van der Waals surface area contributed by atoms with E-state index in [-0.39, 0.29) is 6.04 Å². The Hall–Kier alpha value is -0.170. The van der Waals surface area contributed by atoms with E-state index < -0.39 is 10.2 Å². The number of rotatable bonds is 7. The molecule has 0 aromatic heterocycles. The molecule has 0 aromatic rings. The molecule has 0 saturated carbocycles. The molecule has 0 aliphatic carbocycles. The standard InChI is InChI=1S/C13H29N3O2S/c1-4-12(3)11-15(5-2)19(17,18)16-9-7-6-8-13(16)10-14/h12-13H,4-11,14H2,1-3H3. The molecule has 1 heterocycles. The van der Waals surface area contributed by atoms with Crippen molar-refractivity contribution in [1.29, 1.82) is 0 Å². The smallest absolute Gasteiger partial charge is 0.282 e. The number of nitrogens with zero attached hydrogens (tertiary/aromatic N) is 2. The van der Waals surface area contributed by atoms with E-state index in [1.54, 1.807) is 8.61 Å². The van der Waals surface area contributed by atoms with Crippen LogP contribution in [0, 0.1) is 5.92 Å². The average molecular weight is 291 g/mol. The van der Waals surface area contributed by atoms with Crippen LogP contribution in [-0.2, 0) is 10.2 Å². The zero-order valence-electron chi connectivity index (χ0n) is 12.5. The Bertz CT molecular complexity index is 359. The van der Waals surface area contributed by atoms with Crippen molar-refractivity contribution in [2.45, 2.75) is 52.5 Å². The minimum Gasteiger partial charge on any atom is -0.329 e. The van der Waals surface area contributed by atoms with E-state index in [1.807, 2.05) is 6.92 Å². The highest BCUT2D eigenvalue weighted by molar-refractivity contribution is 7.86. The summed E-state index contributed by atoms with van der Waals surface area (Å²) in [6.45, 7) is 8.25. The number of nitrogens with two attached hydrogens (primary N) is 1. The van der Waals surface area contributed by atoms with Crippen molar-refractivity contribution < 1.29 is 8.42 Å². The van der Waals surface area contributed by atoms with Gasteiger partial charge in [0.05, 0.1) is 0 Å². The minimum absolute atomic E-state index is 0.0234. The molecular formula is C13H29N3O2S. The summed E-state index contributed by atoms with van der Waals surface area (Å²) in [4.78, 5) is 0. The molecule has 0 amide bonds. The molecule has 2 N–H and O–H groups in total. The maximum atomic E-state index is 12.7. The molecule has 2 unspecified atom stereocenters. The lowest BCUT2D eigenvalue weighted by atomic mass is 10.1. The SMILES string of the molecule is CCC(C)CN(CC)S(=O)(=O)N1CCCCC1CN. The molecule has 6 heteroatoms. The fourth-order valence-corrected chi connectivity index (χ4v) is 4.52. The maximum Gasteiger partial charge on any atom is 0.282 e. The minimum atomic E-state index is -3.35. The third kappa shape index (κ3) is 4.15. The van der Waals surface area contributed by atoms with Crippen LogP contribution in [0.15, 0.2) is 0 Å². The largest absolute Gasteiger partial charge is 0.329 e.